The zero-order chi connectivity index (χ0) is 22.0. The molecule has 0 aliphatic carbocycles. The minimum atomic E-state index is -0.740. The number of anilines is 1. The Hall–Kier alpha value is -2.39. The lowest BCUT2D eigenvalue weighted by Gasteiger charge is -2.32. The second kappa shape index (κ2) is 6.82. The number of carbonyl (C=O) groups excluding carboxylic acids is 1. The highest BCUT2D eigenvalue weighted by Gasteiger charge is 2.52. The van der Waals surface area contributed by atoms with Crippen molar-refractivity contribution in [2.24, 2.45) is 7.05 Å². The molecular formula is C21H27BFN3O4. The van der Waals surface area contributed by atoms with Crippen LogP contribution in [0.1, 0.15) is 44.6 Å². The van der Waals surface area contributed by atoms with Crippen LogP contribution < -0.4 is 15.1 Å². The Balaban J connectivity index is 1.75. The van der Waals surface area contributed by atoms with E-state index in [2.05, 4.69) is 5.10 Å². The minimum Gasteiger partial charge on any atom is -0.478 e. The zero-order valence-electron chi connectivity index (χ0n) is 18.5. The van der Waals surface area contributed by atoms with Crippen LogP contribution in [0.25, 0.3) is 0 Å². The molecule has 1 fully saturated rings. The van der Waals surface area contributed by atoms with Crippen molar-refractivity contribution in [2.45, 2.75) is 59.3 Å². The number of rotatable bonds is 3. The van der Waals surface area contributed by atoms with E-state index in [-0.39, 0.29) is 24.8 Å². The van der Waals surface area contributed by atoms with Gasteiger partial charge in [0.05, 0.1) is 29.1 Å². The number of nitrogens with zero attached hydrogens (tertiary/aromatic N) is 3. The van der Waals surface area contributed by atoms with Crippen LogP contribution in [-0.2, 0) is 27.7 Å². The van der Waals surface area contributed by atoms with E-state index >= 15 is 0 Å². The minimum absolute atomic E-state index is 0.0639. The summed E-state index contributed by atoms with van der Waals surface area (Å²) in [6, 6.07) is 3.08. The third-order valence-corrected chi connectivity index (χ3v) is 6.48. The van der Waals surface area contributed by atoms with Crippen molar-refractivity contribution in [1.82, 2.24) is 9.78 Å². The molecule has 30 heavy (non-hydrogen) atoms. The molecule has 7 nitrogen and oxygen atoms in total. The van der Waals surface area contributed by atoms with Crippen molar-refractivity contribution in [3.05, 3.63) is 34.9 Å². The summed E-state index contributed by atoms with van der Waals surface area (Å²) < 4.78 is 34.3. The molecule has 9 heteroatoms. The highest BCUT2D eigenvalue weighted by molar-refractivity contribution is 6.62. The standard InChI is InChI=1S/C21H27BFN3O4/c1-12-15(13(2)25(7)24-12)10-26-17-9-14(8-16(23)19(17)28-11-18(26)27)22-29-20(3,4)21(5,6)30-22/h8-9H,10-11H2,1-7H3. The topological polar surface area (TPSA) is 65.8 Å². The molecule has 0 unspecified atom stereocenters. The van der Waals surface area contributed by atoms with Crippen molar-refractivity contribution >= 4 is 24.2 Å². The lowest BCUT2D eigenvalue weighted by atomic mass is 9.78. The van der Waals surface area contributed by atoms with E-state index in [1.165, 1.54) is 6.07 Å². The van der Waals surface area contributed by atoms with Gasteiger partial charge in [0.15, 0.2) is 18.2 Å². The van der Waals surface area contributed by atoms with Crippen LogP contribution in [0, 0.1) is 19.7 Å². The van der Waals surface area contributed by atoms with Crippen LogP contribution in [0.3, 0.4) is 0 Å². The molecule has 0 atom stereocenters. The van der Waals surface area contributed by atoms with Crippen molar-refractivity contribution in [2.75, 3.05) is 11.5 Å². The maximum Gasteiger partial charge on any atom is 0.495 e. The molecule has 0 saturated carbocycles. The molecule has 0 spiro atoms. The van der Waals surface area contributed by atoms with E-state index < -0.39 is 24.1 Å². The molecule has 1 saturated heterocycles. The molecular weight excluding hydrogens is 388 g/mol. The quantitative estimate of drug-likeness (QED) is 0.721. The molecule has 160 valence electrons. The van der Waals surface area contributed by atoms with Crippen LogP contribution in [0.15, 0.2) is 12.1 Å². The summed E-state index contributed by atoms with van der Waals surface area (Å²) in [7, 11) is 1.12. The number of ether oxygens (including phenoxy) is 1. The molecule has 0 N–H and O–H groups in total. The third-order valence-electron chi connectivity index (χ3n) is 6.48. The normalized spacial score (nSPS) is 19.8. The Morgan fingerprint density at radius 2 is 1.80 bits per heavy atom. The molecule has 1 aromatic carbocycles. The fraction of sp³-hybridized carbons (Fsp3) is 0.524. The SMILES string of the molecule is Cc1nn(C)c(C)c1CN1C(=O)COc2c(F)cc(B3OC(C)(C)C(C)(C)O3)cc21. The predicted octanol–water partition coefficient (Wildman–Crippen LogP) is 2.40. The molecule has 0 bridgehead atoms. The van der Waals surface area contributed by atoms with Gasteiger partial charge < -0.3 is 18.9 Å². The number of hydrogen-bond acceptors (Lipinski definition) is 5. The van der Waals surface area contributed by atoms with E-state index in [9.17, 15) is 9.18 Å². The van der Waals surface area contributed by atoms with E-state index in [0.717, 1.165) is 17.0 Å². The number of benzene rings is 1. The van der Waals surface area contributed by atoms with Crippen molar-refractivity contribution in [3.63, 3.8) is 0 Å². The molecule has 1 aromatic heterocycles. The molecule has 3 heterocycles. The Kier molecular flexibility index (Phi) is 4.74. The largest absolute Gasteiger partial charge is 0.495 e. The highest BCUT2D eigenvalue weighted by Crippen LogP contribution is 2.39. The first-order chi connectivity index (χ1) is 13.9. The first-order valence-corrected chi connectivity index (χ1v) is 10.0. The Morgan fingerprint density at radius 1 is 1.17 bits per heavy atom. The Labute approximate surface area is 176 Å². The van der Waals surface area contributed by atoms with Gasteiger partial charge in [-0.3, -0.25) is 9.48 Å². The Morgan fingerprint density at radius 3 is 2.37 bits per heavy atom. The first-order valence-electron chi connectivity index (χ1n) is 10.0. The van der Waals surface area contributed by atoms with E-state index in [0.29, 0.717) is 11.2 Å². The smallest absolute Gasteiger partial charge is 0.478 e. The van der Waals surface area contributed by atoms with Gasteiger partial charge in [0.25, 0.3) is 5.91 Å². The maximum atomic E-state index is 15.0. The van der Waals surface area contributed by atoms with Crippen LogP contribution in [-0.4, -0.2) is 40.6 Å². The maximum absolute atomic E-state index is 15.0. The van der Waals surface area contributed by atoms with E-state index in [1.807, 2.05) is 48.6 Å². The molecule has 4 rings (SSSR count). The number of halogens is 1. The summed E-state index contributed by atoms with van der Waals surface area (Å²) in [6.45, 7) is 11.7. The molecule has 0 radical (unpaired) electrons. The van der Waals surface area contributed by atoms with Gasteiger partial charge in [0, 0.05) is 18.3 Å². The number of fused-ring (bicyclic) bond motifs is 1. The number of aryl methyl sites for hydroxylation is 2. The van der Waals surface area contributed by atoms with Gasteiger partial charge in [-0.1, -0.05) is 0 Å². The highest BCUT2D eigenvalue weighted by atomic mass is 19.1. The van der Waals surface area contributed by atoms with Crippen LogP contribution in [0.2, 0.25) is 0 Å². The van der Waals surface area contributed by atoms with Gasteiger partial charge in [-0.2, -0.15) is 5.10 Å². The van der Waals surface area contributed by atoms with Gasteiger partial charge in [-0.15, -0.1) is 0 Å². The summed E-state index contributed by atoms with van der Waals surface area (Å²) in [4.78, 5) is 14.3. The number of amides is 1. The second-order valence-electron chi connectivity index (χ2n) is 8.98. The van der Waals surface area contributed by atoms with Gasteiger partial charge >= 0.3 is 7.12 Å². The van der Waals surface area contributed by atoms with Crippen molar-refractivity contribution < 1.29 is 23.2 Å². The summed E-state index contributed by atoms with van der Waals surface area (Å²) in [5, 5.41) is 4.42. The van der Waals surface area contributed by atoms with Crippen molar-refractivity contribution in [1.29, 1.82) is 0 Å². The fourth-order valence-corrected chi connectivity index (χ4v) is 3.78. The summed E-state index contributed by atoms with van der Waals surface area (Å²) >= 11 is 0. The monoisotopic (exact) mass is 415 g/mol. The molecule has 2 aliphatic heterocycles. The van der Waals surface area contributed by atoms with Crippen molar-refractivity contribution in [3.8, 4) is 5.75 Å². The van der Waals surface area contributed by atoms with Crippen LogP contribution in [0.4, 0.5) is 10.1 Å². The third kappa shape index (κ3) is 3.20. The van der Waals surface area contributed by atoms with E-state index in [1.54, 1.807) is 15.6 Å². The summed E-state index contributed by atoms with van der Waals surface area (Å²) in [5.74, 6) is -0.723. The summed E-state index contributed by atoms with van der Waals surface area (Å²) in [6.07, 6.45) is 0. The number of aromatic nitrogens is 2. The lowest BCUT2D eigenvalue weighted by Crippen LogP contribution is -2.41. The van der Waals surface area contributed by atoms with Gasteiger partial charge in [-0.05, 0) is 59.1 Å². The number of hydrogen-bond donors (Lipinski definition) is 0. The molecule has 2 aliphatic rings. The van der Waals surface area contributed by atoms with E-state index in [4.69, 9.17) is 14.0 Å². The number of carbonyl (C=O) groups is 1. The second-order valence-corrected chi connectivity index (χ2v) is 8.98. The van der Waals surface area contributed by atoms with Gasteiger partial charge in [-0.25, -0.2) is 4.39 Å². The lowest BCUT2D eigenvalue weighted by molar-refractivity contribution is -0.121. The van der Waals surface area contributed by atoms with Gasteiger partial charge in [0.1, 0.15) is 0 Å². The zero-order valence-corrected chi connectivity index (χ0v) is 18.5. The average Bonchev–Trinajstić information content (AvgIpc) is 3.01. The van der Waals surface area contributed by atoms with Crippen LogP contribution >= 0.6 is 0 Å². The molecule has 2 aromatic rings. The first kappa shape index (κ1) is 20.9. The fourth-order valence-electron chi connectivity index (χ4n) is 3.78. The summed E-state index contributed by atoms with van der Waals surface area (Å²) in [5.41, 5.74) is 2.49. The predicted molar refractivity (Wildman–Crippen MR) is 111 cm³/mol. The Bertz CT molecular complexity index is 1020. The van der Waals surface area contributed by atoms with Gasteiger partial charge in [0.2, 0.25) is 0 Å². The molecule has 1 amide bonds. The average molecular weight is 415 g/mol. The van der Waals surface area contributed by atoms with Crippen LogP contribution in [0.5, 0.6) is 5.75 Å².